The van der Waals surface area contributed by atoms with Crippen LogP contribution < -0.4 is 10.1 Å². The number of carbonyl (C=O) groups excluding carboxylic acids is 3. The first-order chi connectivity index (χ1) is 15.6. The fourth-order valence-electron chi connectivity index (χ4n) is 4.54. The topological polar surface area (TPSA) is 111 Å². The number of allylic oxidation sites excluding steroid dienone is 3. The molecule has 0 saturated heterocycles. The third-order valence-corrected chi connectivity index (χ3v) is 5.92. The number of nitrogens with one attached hydrogen (secondary N) is 1. The van der Waals surface area contributed by atoms with Gasteiger partial charge in [-0.1, -0.05) is 13.0 Å². The molecule has 1 aliphatic heterocycles. The zero-order valence-electron chi connectivity index (χ0n) is 19.9. The molecular weight excluding hydrogens is 426 g/mol. The number of methoxy groups -OCH3 is 1. The van der Waals surface area contributed by atoms with Crippen LogP contribution in [0, 0.1) is 11.8 Å². The van der Waals surface area contributed by atoms with Crippen molar-refractivity contribution >= 4 is 17.7 Å². The summed E-state index contributed by atoms with van der Waals surface area (Å²) in [5, 5.41) is 13.4. The zero-order chi connectivity index (χ0) is 24.4. The lowest BCUT2D eigenvalue weighted by atomic mass is 9.69. The number of Topliss-reactive ketones (excluding diaryl/α,β-unsaturated/α-hetero) is 1. The van der Waals surface area contributed by atoms with Crippen molar-refractivity contribution in [3.05, 3.63) is 46.3 Å². The lowest BCUT2D eigenvalue weighted by molar-refractivity contribution is -0.151. The Morgan fingerprint density at radius 1 is 1.27 bits per heavy atom. The molecule has 3 rings (SSSR count). The van der Waals surface area contributed by atoms with Gasteiger partial charge in [0.25, 0.3) is 0 Å². The molecule has 178 valence electrons. The van der Waals surface area contributed by atoms with E-state index in [1.165, 1.54) is 13.2 Å². The van der Waals surface area contributed by atoms with E-state index in [4.69, 9.17) is 14.2 Å². The smallest absolute Gasteiger partial charge is 0.337 e. The summed E-state index contributed by atoms with van der Waals surface area (Å²) in [4.78, 5) is 39.3. The highest BCUT2D eigenvalue weighted by Crippen LogP contribution is 2.46. The summed E-state index contributed by atoms with van der Waals surface area (Å²) in [6, 6.07) is 4.73. The minimum atomic E-state index is -0.970. The van der Waals surface area contributed by atoms with Gasteiger partial charge in [0, 0.05) is 22.9 Å². The maximum atomic E-state index is 13.7. The second-order valence-electron chi connectivity index (χ2n) is 8.65. The number of hydrogen-bond acceptors (Lipinski definition) is 8. The summed E-state index contributed by atoms with van der Waals surface area (Å²) in [7, 11) is 1.26. The molecule has 0 unspecified atom stereocenters. The van der Waals surface area contributed by atoms with Gasteiger partial charge in [-0.2, -0.15) is 0 Å². The van der Waals surface area contributed by atoms with Gasteiger partial charge in [-0.25, -0.2) is 4.79 Å². The number of carbonyl (C=O) groups is 3. The number of phenolic OH excluding ortho intramolecular Hbond substituents is 1. The molecule has 0 saturated carbocycles. The van der Waals surface area contributed by atoms with Gasteiger partial charge >= 0.3 is 11.9 Å². The molecule has 2 aliphatic rings. The van der Waals surface area contributed by atoms with E-state index in [1.807, 2.05) is 6.92 Å². The van der Waals surface area contributed by atoms with Crippen LogP contribution in [0.5, 0.6) is 11.5 Å². The molecule has 0 spiro atoms. The predicted molar refractivity (Wildman–Crippen MR) is 120 cm³/mol. The second-order valence-corrected chi connectivity index (χ2v) is 8.65. The highest BCUT2D eigenvalue weighted by molar-refractivity contribution is 6.12. The highest BCUT2D eigenvalue weighted by Gasteiger charge is 2.47. The quantitative estimate of drug-likeness (QED) is 0.494. The summed E-state index contributed by atoms with van der Waals surface area (Å²) in [5.74, 6) is -3.39. The number of rotatable bonds is 6. The zero-order valence-corrected chi connectivity index (χ0v) is 19.9. The Kier molecular flexibility index (Phi) is 7.15. The minimum Gasteiger partial charge on any atom is -0.504 e. The average Bonchev–Trinajstić information content (AvgIpc) is 2.73. The molecule has 1 aromatic rings. The standard InChI is InChI=1S/C25H31NO7/c1-7-32-18-11-15(8-9-17(18)27)21-20(25(30)33-12(2)3)14(5)26-16-10-13(4)19(24(29)31-6)23(28)22(16)21/h8-9,11-13,19,21,26-27H,7,10H2,1-6H3/t13-,19+,21-/m1/s1. The number of benzene rings is 1. The maximum Gasteiger partial charge on any atom is 0.337 e. The van der Waals surface area contributed by atoms with Crippen molar-refractivity contribution < 1.29 is 33.7 Å². The van der Waals surface area contributed by atoms with Crippen LogP contribution in [0.15, 0.2) is 40.7 Å². The Morgan fingerprint density at radius 2 is 1.97 bits per heavy atom. The van der Waals surface area contributed by atoms with E-state index < -0.39 is 23.8 Å². The van der Waals surface area contributed by atoms with Crippen molar-refractivity contribution in [2.75, 3.05) is 13.7 Å². The Morgan fingerprint density at radius 3 is 2.58 bits per heavy atom. The molecule has 1 aliphatic carbocycles. The van der Waals surface area contributed by atoms with E-state index in [0.717, 1.165) is 0 Å². The third-order valence-electron chi connectivity index (χ3n) is 5.92. The van der Waals surface area contributed by atoms with Gasteiger partial charge in [0.05, 0.1) is 25.4 Å². The summed E-state index contributed by atoms with van der Waals surface area (Å²) in [6.07, 6.45) is 0.0787. The van der Waals surface area contributed by atoms with Crippen LogP contribution in [0.4, 0.5) is 0 Å². The predicted octanol–water partition coefficient (Wildman–Crippen LogP) is 3.36. The third kappa shape index (κ3) is 4.60. The van der Waals surface area contributed by atoms with Crippen LogP contribution in [0.1, 0.15) is 52.5 Å². The van der Waals surface area contributed by atoms with Crippen molar-refractivity contribution in [1.29, 1.82) is 0 Å². The Bertz CT molecular complexity index is 1040. The molecule has 8 heteroatoms. The van der Waals surface area contributed by atoms with Gasteiger partial charge in [0.2, 0.25) is 0 Å². The number of phenols is 1. The molecule has 33 heavy (non-hydrogen) atoms. The summed E-state index contributed by atoms with van der Waals surface area (Å²) >= 11 is 0. The van der Waals surface area contributed by atoms with Crippen LogP contribution in [-0.4, -0.2) is 42.6 Å². The van der Waals surface area contributed by atoms with Crippen molar-refractivity contribution in [3.63, 3.8) is 0 Å². The number of esters is 2. The van der Waals surface area contributed by atoms with Crippen molar-refractivity contribution in [3.8, 4) is 11.5 Å². The molecule has 0 fully saturated rings. The minimum absolute atomic E-state index is 0.0493. The second kappa shape index (κ2) is 9.68. The summed E-state index contributed by atoms with van der Waals surface area (Å²) in [5.41, 5.74) is 2.43. The molecule has 1 heterocycles. The Hall–Kier alpha value is -3.29. The van der Waals surface area contributed by atoms with Gasteiger partial charge in [-0.3, -0.25) is 9.59 Å². The maximum absolute atomic E-state index is 13.7. The van der Waals surface area contributed by atoms with Gasteiger partial charge in [-0.05, 0) is 57.7 Å². The highest BCUT2D eigenvalue weighted by atomic mass is 16.5. The first-order valence-corrected chi connectivity index (χ1v) is 11.1. The molecule has 2 N–H and O–H groups in total. The molecule has 8 nitrogen and oxygen atoms in total. The van der Waals surface area contributed by atoms with E-state index in [0.29, 0.717) is 35.6 Å². The van der Waals surface area contributed by atoms with Crippen molar-refractivity contribution in [2.24, 2.45) is 11.8 Å². The van der Waals surface area contributed by atoms with Crippen molar-refractivity contribution in [2.45, 2.75) is 53.1 Å². The number of ether oxygens (including phenoxy) is 3. The van der Waals surface area contributed by atoms with Gasteiger partial charge in [0.1, 0.15) is 5.92 Å². The van der Waals surface area contributed by atoms with Crippen LogP contribution in [0.2, 0.25) is 0 Å². The molecular formula is C25H31NO7. The van der Waals surface area contributed by atoms with Gasteiger partial charge in [0.15, 0.2) is 17.3 Å². The number of aromatic hydroxyl groups is 1. The van der Waals surface area contributed by atoms with E-state index >= 15 is 0 Å². The van der Waals surface area contributed by atoms with Crippen LogP contribution in [-0.2, 0) is 23.9 Å². The van der Waals surface area contributed by atoms with Crippen LogP contribution in [0.25, 0.3) is 0 Å². The lowest BCUT2D eigenvalue weighted by Gasteiger charge is -2.38. The SMILES string of the molecule is CCOc1cc([C@@H]2C(C(=O)OC(C)C)=C(C)NC3=C2C(=O)[C@@H](C(=O)OC)[C@H](C)C3)ccc1O. The lowest BCUT2D eigenvalue weighted by Crippen LogP contribution is -2.43. The van der Waals surface area contributed by atoms with E-state index in [2.05, 4.69) is 5.32 Å². The van der Waals surface area contributed by atoms with Gasteiger partial charge in [-0.15, -0.1) is 0 Å². The van der Waals surface area contributed by atoms with Crippen molar-refractivity contribution in [1.82, 2.24) is 5.32 Å². The fraction of sp³-hybridized carbons (Fsp3) is 0.480. The molecule has 0 radical (unpaired) electrons. The molecule has 1 aromatic carbocycles. The largest absolute Gasteiger partial charge is 0.504 e. The molecule has 3 atom stereocenters. The number of dihydropyridines is 1. The van der Waals surface area contributed by atoms with E-state index in [-0.39, 0.29) is 34.9 Å². The average molecular weight is 458 g/mol. The number of ketones is 1. The fourth-order valence-corrected chi connectivity index (χ4v) is 4.54. The van der Waals surface area contributed by atoms with E-state index in [9.17, 15) is 19.5 Å². The van der Waals surface area contributed by atoms with Crippen LogP contribution in [0.3, 0.4) is 0 Å². The normalized spacial score (nSPS) is 22.6. The molecule has 0 amide bonds. The van der Waals surface area contributed by atoms with E-state index in [1.54, 1.807) is 39.8 Å². The number of hydrogen-bond donors (Lipinski definition) is 2. The van der Waals surface area contributed by atoms with Gasteiger partial charge < -0.3 is 24.6 Å². The molecule has 0 aromatic heterocycles. The van der Waals surface area contributed by atoms with Crippen LogP contribution >= 0.6 is 0 Å². The first kappa shape index (κ1) is 24.4. The summed E-state index contributed by atoms with van der Waals surface area (Å²) < 4.78 is 15.9. The summed E-state index contributed by atoms with van der Waals surface area (Å²) in [6.45, 7) is 9.21. The first-order valence-electron chi connectivity index (χ1n) is 11.1. The molecule has 0 bridgehead atoms. The monoisotopic (exact) mass is 457 g/mol. The Balaban J connectivity index is 2.22. The Labute approximate surface area is 193 Å².